The topological polar surface area (TPSA) is 44.4 Å². The molecule has 5 heteroatoms. The van der Waals surface area contributed by atoms with Crippen LogP contribution in [0.15, 0.2) is 42.5 Å². The number of benzene rings is 2. The molecule has 1 amide bonds. The third-order valence-electron chi connectivity index (χ3n) is 4.44. The molecule has 0 saturated carbocycles. The number of carbonyl (C=O) groups excluding carboxylic acids is 1. The molecule has 2 N–H and O–H groups in total. The van der Waals surface area contributed by atoms with Gasteiger partial charge in [-0.05, 0) is 30.2 Å². The SMILES string of the molecule is Cc1ccc(CC(=O)NCc2ccc(N3CCNCC3)c(F)c2)cc1. The lowest BCUT2D eigenvalue weighted by Gasteiger charge is -2.29. The van der Waals surface area contributed by atoms with Crippen LogP contribution in [0.1, 0.15) is 16.7 Å². The number of nitrogens with zero attached hydrogens (tertiary/aromatic N) is 1. The molecule has 4 nitrogen and oxygen atoms in total. The summed E-state index contributed by atoms with van der Waals surface area (Å²) < 4.78 is 14.4. The van der Waals surface area contributed by atoms with E-state index in [-0.39, 0.29) is 11.7 Å². The molecule has 25 heavy (non-hydrogen) atoms. The molecule has 132 valence electrons. The first-order valence-corrected chi connectivity index (χ1v) is 8.68. The van der Waals surface area contributed by atoms with Crippen LogP contribution in [0, 0.1) is 12.7 Å². The van der Waals surface area contributed by atoms with Gasteiger partial charge in [-0.2, -0.15) is 0 Å². The number of hydrogen-bond acceptors (Lipinski definition) is 3. The Morgan fingerprint density at radius 2 is 1.80 bits per heavy atom. The first-order chi connectivity index (χ1) is 12.1. The van der Waals surface area contributed by atoms with Gasteiger partial charge in [-0.15, -0.1) is 0 Å². The minimum atomic E-state index is -0.229. The van der Waals surface area contributed by atoms with E-state index >= 15 is 0 Å². The Morgan fingerprint density at radius 3 is 2.48 bits per heavy atom. The number of anilines is 1. The van der Waals surface area contributed by atoms with Gasteiger partial charge in [0.05, 0.1) is 12.1 Å². The molecule has 1 aliphatic rings. The molecule has 0 radical (unpaired) electrons. The number of halogens is 1. The molecule has 0 atom stereocenters. The van der Waals surface area contributed by atoms with Crippen LogP contribution in [-0.2, 0) is 17.8 Å². The van der Waals surface area contributed by atoms with Crippen molar-refractivity contribution in [3.8, 4) is 0 Å². The highest BCUT2D eigenvalue weighted by Gasteiger charge is 2.14. The summed E-state index contributed by atoms with van der Waals surface area (Å²) in [4.78, 5) is 14.1. The third-order valence-corrected chi connectivity index (χ3v) is 4.44. The van der Waals surface area contributed by atoms with Crippen LogP contribution in [0.25, 0.3) is 0 Å². The highest BCUT2D eigenvalue weighted by atomic mass is 19.1. The van der Waals surface area contributed by atoms with Gasteiger partial charge < -0.3 is 15.5 Å². The van der Waals surface area contributed by atoms with Gasteiger partial charge >= 0.3 is 0 Å². The van der Waals surface area contributed by atoms with Crippen LogP contribution in [0.4, 0.5) is 10.1 Å². The van der Waals surface area contributed by atoms with Crippen molar-refractivity contribution in [2.24, 2.45) is 0 Å². The number of aryl methyl sites for hydroxylation is 1. The first-order valence-electron chi connectivity index (χ1n) is 8.68. The summed E-state index contributed by atoms with van der Waals surface area (Å²) in [6.07, 6.45) is 0.335. The molecule has 2 aromatic carbocycles. The second kappa shape index (κ2) is 8.12. The Labute approximate surface area is 148 Å². The van der Waals surface area contributed by atoms with E-state index in [1.54, 1.807) is 0 Å². The lowest BCUT2D eigenvalue weighted by molar-refractivity contribution is -0.120. The normalized spacial score (nSPS) is 14.4. The predicted molar refractivity (Wildman–Crippen MR) is 98.2 cm³/mol. The Hall–Kier alpha value is -2.40. The fourth-order valence-electron chi connectivity index (χ4n) is 2.98. The van der Waals surface area contributed by atoms with E-state index in [1.165, 1.54) is 11.6 Å². The predicted octanol–water partition coefficient (Wildman–Crippen LogP) is 2.40. The van der Waals surface area contributed by atoms with E-state index in [0.29, 0.717) is 18.7 Å². The summed E-state index contributed by atoms with van der Waals surface area (Å²) in [6, 6.07) is 13.1. The molecule has 0 unspecified atom stereocenters. The summed E-state index contributed by atoms with van der Waals surface area (Å²) in [5.41, 5.74) is 3.55. The van der Waals surface area contributed by atoms with Gasteiger partial charge in [0.2, 0.25) is 5.91 Å². The van der Waals surface area contributed by atoms with Crippen LogP contribution in [0.2, 0.25) is 0 Å². The lowest BCUT2D eigenvalue weighted by atomic mass is 10.1. The number of hydrogen-bond donors (Lipinski definition) is 2. The first kappa shape index (κ1) is 17.4. The Morgan fingerprint density at radius 1 is 1.12 bits per heavy atom. The van der Waals surface area contributed by atoms with Crippen LogP contribution in [0.3, 0.4) is 0 Å². The smallest absolute Gasteiger partial charge is 0.224 e. The fourth-order valence-corrected chi connectivity index (χ4v) is 2.98. The largest absolute Gasteiger partial charge is 0.367 e. The van der Waals surface area contributed by atoms with Crippen molar-refractivity contribution in [2.45, 2.75) is 19.9 Å². The van der Waals surface area contributed by atoms with Crippen molar-refractivity contribution in [1.29, 1.82) is 0 Å². The van der Waals surface area contributed by atoms with Crippen LogP contribution >= 0.6 is 0 Å². The average Bonchev–Trinajstić information content (AvgIpc) is 2.63. The molecule has 3 rings (SSSR count). The van der Waals surface area contributed by atoms with E-state index in [0.717, 1.165) is 37.3 Å². The van der Waals surface area contributed by atoms with Crippen molar-refractivity contribution in [3.05, 3.63) is 65.0 Å². The molecule has 1 fully saturated rings. The Balaban J connectivity index is 1.55. The maximum absolute atomic E-state index is 14.4. The van der Waals surface area contributed by atoms with E-state index < -0.39 is 0 Å². The molecule has 0 aromatic heterocycles. The molecule has 0 aliphatic carbocycles. The molecule has 0 bridgehead atoms. The van der Waals surface area contributed by atoms with Crippen LogP contribution < -0.4 is 15.5 Å². The molecule has 1 saturated heterocycles. The zero-order valence-electron chi connectivity index (χ0n) is 14.5. The summed E-state index contributed by atoms with van der Waals surface area (Å²) in [5.74, 6) is -0.289. The zero-order chi connectivity index (χ0) is 17.6. The second-order valence-electron chi connectivity index (χ2n) is 6.46. The fraction of sp³-hybridized carbons (Fsp3) is 0.350. The standard InChI is InChI=1S/C20H24FN3O/c1-15-2-4-16(5-3-15)13-20(25)23-14-17-6-7-19(18(21)12-17)24-10-8-22-9-11-24/h2-7,12,22H,8-11,13-14H2,1H3,(H,23,25). The maximum Gasteiger partial charge on any atom is 0.224 e. The van der Waals surface area contributed by atoms with Gasteiger partial charge in [0, 0.05) is 32.7 Å². The Kier molecular flexibility index (Phi) is 5.66. The van der Waals surface area contributed by atoms with Gasteiger partial charge in [-0.1, -0.05) is 35.9 Å². The number of rotatable bonds is 5. The molecule has 1 heterocycles. The van der Waals surface area contributed by atoms with Gasteiger partial charge in [0.25, 0.3) is 0 Å². The van der Waals surface area contributed by atoms with Gasteiger partial charge in [0.15, 0.2) is 0 Å². The molecular formula is C20H24FN3O. The molecular weight excluding hydrogens is 317 g/mol. The monoisotopic (exact) mass is 341 g/mol. The number of carbonyl (C=O) groups is 1. The van der Waals surface area contributed by atoms with Crippen LogP contribution in [-0.4, -0.2) is 32.1 Å². The molecule has 0 spiro atoms. The average molecular weight is 341 g/mol. The summed E-state index contributed by atoms with van der Waals surface area (Å²) in [6.45, 7) is 5.71. The maximum atomic E-state index is 14.4. The second-order valence-corrected chi connectivity index (χ2v) is 6.46. The van der Waals surface area contributed by atoms with Crippen molar-refractivity contribution >= 4 is 11.6 Å². The number of nitrogens with one attached hydrogen (secondary N) is 2. The van der Waals surface area contributed by atoms with E-state index in [4.69, 9.17) is 0 Å². The highest BCUT2D eigenvalue weighted by molar-refractivity contribution is 5.78. The van der Waals surface area contributed by atoms with Crippen molar-refractivity contribution in [2.75, 3.05) is 31.1 Å². The Bertz CT molecular complexity index is 724. The number of piperazine rings is 1. The van der Waals surface area contributed by atoms with Gasteiger partial charge in [-0.3, -0.25) is 4.79 Å². The van der Waals surface area contributed by atoms with Gasteiger partial charge in [0.1, 0.15) is 5.82 Å². The van der Waals surface area contributed by atoms with Crippen molar-refractivity contribution < 1.29 is 9.18 Å². The molecule has 2 aromatic rings. The summed E-state index contributed by atoms with van der Waals surface area (Å²) in [5, 5.41) is 6.12. The van der Waals surface area contributed by atoms with Crippen molar-refractivity contribution in [1.82, 2.24) is 10.6 Å². The van der Waals surface area contributed by atoms with E-state index in [1.807, 2.05) is 48.2 Å². The van der Waals surface area contributed by atoms with Crippen LogP contribution in [0.5, 0.6) is 0 Å². The van der Waals surface area contributed by atoms with Crippen molar-refractivity contribution in [3.63, 3.8) is 0 Å². The summed E-state index contributed by atoms with van der Waals surface area (Å²) in [7, 11) is 0. The zero-order valence-corrected chi connectivity index (χ0v) is 14.5. The minimum Gasteiger partial charge on any atom is -0.367 e. The van der Waals surface area contributed by atoms with Gasteiger partial charge in [-0.25, -0.2) is 4.39 Å². The third kappa shape index (κ3) is 4.79. The van der Waals surface area contributed by atoms with E-state index in [9.17, 15) is 9.18 Å². The lowest BCUT2D eigenvalue weighted by Crippen LogP contribution is -2.43. The summed E-state index contributed by atoms with van der Waals surface area (Å²) >= 11 is 0. The molecule has 1 aliphatic heterocycles. The highest BCUT2D eigenvalue weighted by Crippen LogP contribution is 2.21. The minimum absolute atomic E-state index is 0.0598. The number of amides is 1. The quantitative estimate of drug-likeness (QED) is 0.878. The van der Waals surface area contributed by atoms with E-state index in [2.05, 4.69) is 10.6 Å².